The molecule has 0 spiro atoms. The molecule has 0 aliphatic carbocycles. The monoisotopic (exact) mass is 789 g/mol. The number of benzene rings is 5. The maximum absolute atomic E-state index is 2.61. The third-order valence-corrected chi connectivity index (χ3v) is 12.8. The highest BCUT2D eigenvalue weighted by Crippen LogP contribution is 2.37. The predicted molar refractivity (Wildman–Crippen MR) is 263 cm³/mol. The first kappa shape index (κ1) is 46.2. The van der Waals surface area contributed by atoms with E-state index in [9.17, 15) is 0 Å². The molecule has 5 aromatic carbocycles. The number of hydrogen-bond donors (Lipinski definition) is 0. The minimum Gasteiger partial charge on any atom is -0.0654 e. The molecule has 0 bridgehead atoms. The zero-order chi connectivity index (χ0) is 41.3. The first-order chi connectivity index (χ1) is 29.1. The summed E-state index contributed by atoms with van der Waals surface area (Å²) >= 11 is 0. The smallest absolute Gasteiger partial charge is 0.0149 e. The summed E-state index contributed by atoms with van der Waals surface area (Å²) in [5.41, 5.74) is 16.6. The molecule has 0 heterocycles. The van der Waals surface area contributed by atoms with E-state index in [1.54, 1.807) is 0 Å². The summed E-state index contributed by atoms with van der Waals surface area (Å²) in [6, 6.07) is 42.5. The molecule has 0 N–H and O–H groups in total. The van der Waals surface area contributed by atoms with Crippen LogP contribution in [0.15, 0.2) is 109 Å². The molecule has 0 radical (unpaired) electrons. The number of hydrogen-bond acceptors (Lipinski definition) is 0. The molecule has 0 aliphatic heterocycles. The average Bonchev–Trinajstić information content (AvgIpc) is 3.27. The second-order valence-corrected chi connectivity index (χ2v) is 17.9. The number of unbranched alkanes of at least 4 members (excludes halogenated alkanes) is 19. The summed E-state index contributed by atoms with van der Waals surface area (Å²) in [4.78, 5) is 0. The van der Waals surface area contributed by atoms with Gasteiger partial charge in [-0.05, 0) is 107 Å². The maximum Gasteiger partial charge on any atom is -0.0149 e. The summed E-state index contributed by atoms with van der Waals surface area (Å²) in [5.74, 6) is 0. The third kappa shape index (κ3) is 15.9. The highest BCUT2D eigenvalue weighted by atomic mass is 14.2. The molecule has 0 unspecified atom stereocenters. The molecule has 0 heteroatoms. The zero-order valence-corrected chi connectivity index (χ0v) is 38.1. The molecule has 5 rings (SSSR count). The minimum atomic E-state index is 1.14. The van der Waals surface area contributed by atoms with E-state index in [2.05, 4.69) is 137 Å². The van der Waals surface area contributed by atoms with Crippen molar-refractivity contribution in [1.82, 2.24) is 0 Å². The molecule has 0 amide bonds. The lowest BCUT2D eigenvalue weighted by Crippen LogP contribution is -1.99. The summed E-state index contributed by atoms with van der Waals surface area (Å²) in [7, 11) is 0. The van der Waals surface area contributed by atoms with Gasteiger partial charge in [0, 0.05) is 0 Å². The standard InChI is InChI=1S/C59H80/c1-5-8-11-13-15-17-19-21-23-25-28-56-47-59(55-44-40-53(41-45-55)51-36-32-49(33-37-51)27-10-7-3)57(29-26-24-22-20-18-16-14-12-9-6-2)46-58(56)54-42-38-52(39-43-54)50-34-30-48(4)31-35-50/h30-47H,5-29H2,1-4H3. The Balaban J connectivity index is 1.38. The molecular formula is C59H80. The van der Waals surface area contributed by atoms with E-state index in [-0.39, 0.29) is 0 Å². The highest BCUT2D eigenvalue weighted by molar-refractivity contribution is 5.79. The second-order valence-electron chi connectivity index (χ2n) is 17.9. The number of rotatable bonds is 29. The van der Waals surface area contributed by atoms with Crippen LogP contribution in [-0.4, -0.2) is 0 Å². The third-order valence-electron chi connectivity index (χ3n) is 12.8. The molecule has 59 heavy (non-hydrogen) atoms. The van der Waals surface area contributed by atoms with E-state index in [1.807, 2.05) is 0 Å². The van der Waals surface area contributed by atoms with Gasteiger partial charge in [-0.3, -0.25) is 0 Å². The van der Waals surface area contributed by atoms with E-state index in [4.69, 9.17) is 0 Å². The average molecular weight is 789 g/mol. The van der Waals surface area contributed by atoms with Gasteiger partial charge in [0.2, 0.25) is 0 Å². The van der Waals surface area contributed by atoms with Crippen molar-refractivity contribution in [3.8, 4) is 44.5 Å². The van der Waals surface area contributed by atoms with Crippen LogP contribution in [0.25, 0.3) is 44.5 Å². The van der Waals surface area contributed by atoms with Gasteiger partial charge in [0.15, 0.2) is 0 Å². The van der Waals surface area contributed by atoms with E-state index < -0.39 is 0 Å². The lowest BCUT2D eigenvalue weighted by Gasteiger charge is -2.19. The number of aryl methyl sites for hydroxylation is 4. The summed E-state index contributed by atoms with van der Waals surface area (Å²) < 4.78 is 0. The lowest BCUT2D eigenvalue weighted by molar-refractivity contribution is 0.556. The summed E-state index contributed by atoms with van der Waals surface area (Å²) in [5, 5.41) is 0. The van der Waals surface area contributed by atoms with Gasteiger partial charge in [-0.2, -0.15) is 0 Å². The van der Waals surface area contributed by atoms with Crippen molar-refractivity contribution in [2.75, 3.05) is 0 Å². The zero-order valence-electron chi connectivity index (χ0n) is 38.1. The molecule has 0 saturated heterocycles. The van der Waals surface area contributed by atoms with Crippen molar-refractivity contribution in [3.63, 3.8) is 0 Å². The molecule has 0 nitrogen and oxygen atoms in total. The molecule has 0 aliphatic rings. The first-order valence-electron chi connectivity index (χ1n) is 24.6. The van der Waals surface area contributed by atoms with Crippen LogP contribution in [0, 0.1) is 6.92 Å². The van der Waals surface area contributed by atoms with Crippen LogP contribution in [-0.2, 0) is 19.3 Å². The van der Waals surface area contributed by atoms with Gasteiger partial charge in [0.25, 0.3) is 0 Å². The van der Waals surface area contributed by atoms with Crippen molar-refractivity contribution in [2.45, 2.75) is 188 Å². The van der Waals surface area contributed by atoms with Crippen molar-refractivity contribution >= 4 is 0 Å². The van der Waals surface area contributed by atoms with Crippen LogP contribution < -0.4 is 0 Å². The largest absolute Gasteiger partial charge is 0.0654 e. The van der Waals surface area contributed by atoms with Crippen LogP contribution >= 0.6 is 0 Å². The minimum absolute atomic E-state index is 1.14. The fourth-order valence-corrected chi connectivity index (χ4v) is 8.92. The lowest BCUT2D eigenvalue weighted by atomic mass is 9.86. The van der Waals surface area contributed by atoms with Gasteiger partial charge in [-0.1, -0.05) is 258 Å². The van der Waals surface area contributed by atoms with Crippen molar-refractivity contribution in [2.24, 2.45) is 0 Å². The SMILES string of the molecule is CCCCCCCCCCCCc1cc(-c2ccc(-c3ccc(CCCC)cc3)cc2)c(CCCCCCCCCCCC)cc1-c1ccc(-c2ccc(C)cc2)cc1. The van der Waals surface area contributed by atoms with Gasteiger partial charge in [-0.15, -0.1) is 0 Å². The molecular weight excluding hydrogens is 709 g/mol. The van der Waals surface area contributed by atoms with E-state index in [0.717, 1.165) is 12.8 Å². The van der Waals surface area contributed by atoms with Crippen LogP contribution in [0.1, 0.15) is 184 Å². The predicted octanol–water partition coefficient (Wildman–Crippen LogP) is 18.9. The Kier molecular flexibility index (Phi) is 21.2. The Morgan fingerprint density at radius 1 is 0.271 bits per heavy atom. The van der Waals surface area contributed by atoms with E-state index in [0.29, 0.717) is 0 Å². The Labute approximate surface area is 362 Å². The Morgan fingerprint density at radius 2 is 0.559 bits per heavy atom. The van der Waals surface area contributed by atoms with Crippen LogP contribution in [0.3, 0.4) is 0 Å². The van der Waals surface area contributed by atoms with Gasteiger partial charge in [-0.25, -0.2) is 0 Å². The van der Waals surface area contributed by atoms with Crippen molar-refractivity contribution in [3.05, 3.63) is 131 Å². The fourth-order valence-electron chi connectivity index (χ4n) is 8.92. The van der Waals surface area contributed by atoms with Crippen LogP contribution in [0.4, 0.5) is 0 Å². The van der Waals surface area contributed by atoms with E-state index in [1.165, 1.54) is 214 Å². The Bertz CT molecular complexity index is 1840. The summed E-state index contributed by atoms with van der Waals surface area (Å²) in [6.45, 7) is 9.07. The normalized spacial score (nSPS) is 11.4. The molecule has 0 saturated carbocycles. The first-order valence-corrected chi connectivity index (χ1v) is 24.6. The van der Waals surface area contributed by atoms with Crippen LogP contribution in [0.5, 0.6) is 0 Å². The van der Waals surface area contributed by atoms with Gasteiger partial charge in [0.05, 0.1) is 0 Å². The topological polar surface area (TPSA) is 0 Å². The van der Waals surface area contributed by atoms with Crippen molar-refractivity contribution < 1.29 is 0 Å². The Hall–Kier alpha value is -3.90. The highest BCUT2D eigenvalue weighted by Gasteiger charge is 2.15. The van der Waals surface area contributed by atoms with E-state index >= 15 is 0 Å². The molecule has 0 fully saturated rings. The Morgan fingerprint density at radius 3 is 0.915 bits per heavy atom. The van der Waals surface area contributed by atoms with Crippen molar-refractivity contribution in [1.29, 1.82) is 0 Å². The molecule has 316 valence electrons. The fraction of sp³-hybridized carbons (Fsp3) is 0.492. The van der Waals surface area contributed by atoms with Gasteiger partial charge in [0.1, 0.15) is 0 Å². The second kappa shape index (κ2) is 27.0. The molecule has 0 aromatic heterocycles. The molecule has 5 aromatic rings. The van der Waals surface area contributed by atoms with Gasteiger partial charge >= 0.3 is 0 Å². The van der Waals surface area contributed by atoms with Gasteiger partial charge < -0.3 is 0 Å². The van der Waals surface area contributed by atoms with Crippen LogP contribution in [0.2, 0.25) is 0 Å². The quantitative estimate of drug-likeness (QED) is 0.0423. The maximum atomic E-state index is 2.61. The summed E-state index contributed by atoms with van der Waals surface area (Å²) in [6.07, 6.45) is 33.4. The molecule has 0 atom stereocenters.